The van der Waals surface area contributed by atoms with Crippen molar-refractivity contribution in [2.24, 2.45) is 0 Å². The number of fused-ring (bicyclic) bond motifs is 1. The molecule has 0 atom stereocenters. The van der Waals surface area contributed by atoms with Crippen LogP contribution in [0.1, 0.15) is 10.5 Å². The van der Waals surface area contributed by atoms with Gasteiger partial charge in [0.25, 0.3) is 5.91 Å². The van der Waals surface area contributed by atoms with Crippen LogP contribution in [-0.2, 0) is 6.54 Å². The van der Waals surface area contributed by atoms with Gasteiger partial charge in [0.2, 0.25) is 0 Å². The van der Waals surface area contributed by atoms with Gasteiger partial charge in [-0.05, 0) is 24.3 Å². The van der Waals surface area contributed by atoms with Crippen molar-refractivity contribution in [3.8, 4) is 12.3 Å². The normalized spacial score (nSPS) is 10.4. The number of benzene rings is 1. The van der Waals surface area contributed by atoms with Crippen LogP contribution in [0, 0.1) is 12.3 Å². The summed E-state index contributed by atoms with van der Waals surface area (Å²) in [7, 11) is 1.75. The summed E-state index contributed by atoms with van der Waals surface area (Å²) in [5, 5.41) is 1.00. The maximum atomic E-state index is 12.8. The first kappa shape index (κ1) is 13.9. The topological polar surface area (TPSA) is 38.1 Å². The third kappa shape index (κ3) is 2.33. The zero-order valence-corrected chi connectivity index (χ0v) is 12.2. The lowest BCUT2D eigenvalue weighted by Gasteiger charge is -2.18. The zero-order chi connectivity index (χ0) is 15.5. The molecule has 108 valence electrons. The van der Waals surface area contributed by atoms with Crippen molar-refractivity contribution in [1.82, 2.24) is 9.55 Å². The average molecular weight is 289 g/mol. The Morgan fingerprint density at radius 2 is 2.00 bits per heavy atom. The van der Waals surface area contributed by atoms with E-state index in [0.717, 1.165) is 16.6 Å². The highest BCUT2D eigenvalue weighted by Gasteiger charge is 2.19. The van der Waals surface area contributed by atoms with Crippen LogP contribution in [0.2, 0.25) is 0 Å². The zero-order valence-electron chi connectivity index (χ0n) is 12.2. The van der Waals surface area contributed by atoms with E-state index in [1.165, 1.54) is 0 Å². The van der Waals surface area contributed by atoms with Gasteiger partial charge in [-0.1, -0.05) is 24.1 Å². The van der Waals surface area contributed by atoms with Gasteiger partial charge in [0.1, 0.15) is 5.69 Å². The smallest absolute Gasteiger partial charge is 0.274 e. The SMILES string of the molecule is C#CCn1c(C(=O)N(C)c2ccncc2)cc2ccccc21. The number of hydrogen-bond donors (Lipinski definition) is 0. The predicted octanol–water partition coefficient (Wildman–Crippen LogP) is 2.95. The summed E-state index contributed by atoms with van der Waals surface area (Å²) < 4.78 is 1.87. The molecule has 0 N–H and O–H groups in total. The second-order valence-corrected chi connectivity index (χ2v) is 4.95. The average Bonchev–Trinajstić information content (AvgIpc) is 2.93. The summed E-state index contributed by atoms with van der Waals surface area (Å²) in [5.74, 6) is 2.52. The lowest BCUT2D eigenvalue weighted by atomic mass is 10.2. The number of terminal acetylenes is 1. The Labute approximate surface area is 129 Å². The van der Waals surface area contributed by atoms with Gasteiger partial charge in [-0.25, -0.2) is 0 Å². The minimum atomic E-state index is -0.0994. The molecular weight excluding hydrogens is 274 g/mol. The standard InChI is InChI=1S/C18H15N3O/c1-3-12-21-16-7-5-4-6-14(16)13-17(21)18(22)20(2)15-8-10-19-11-9-15/h1,4-11,13H,12H2,2H3. The van der Waals surface area contributed by atoms with Crippen molar-refractivity contribution in [3.05, 3.63) is 60.6 Å². The maximum Gasteiger partial charge on any atom is 0.274 e. The van der Waals surface area contributed by atoms with Gasteiger partial charge in [0.15, 0.2) is 0 Å². The Morgan fingerprint density at radius 1 is 1.27 bits per heavy atom. The number of hydrogen-bond acceptors (Lipinski definition) is 2. The number of aromatic nitrogens is 2. The highest BCUT2D eigenvalue weighted by Crippen LogP contribution is 2.22. The van der Waals surface area contributed by atoms with Gasteiger partial charge in [-0.3, -0.25) is 9.78 Å². The summed E-state index contributed by atoms with van der Waals surface area (Å²) in [6, 6.07) is 13.3. The minimum absolute atomic E-state index is 0.0994. The first-order valence-electron chi connectivity index (χ1n) is 6.92. The number of nitrogens with zero attached hydrogens (tertiary/aromatic N) is 3. The van der Waals surface area contributed by atoms with Crippen LogP contribution < -0.4 is 4.90 Å². The van der Waals surface area contributed by atoms with Crippen LogP contribution in [0.3, 0.4) is 0 Å². The second kappa shape index (κ2) is 5.74. The monoisotopic (exact) mass is 289 g/mol. The molecule has 22 heavy (non-hydrogen) atoms. The first-order valence-corrected chi connectivity index (χ1v) is 6.92. The van der Waals surface area contributed by atoms with Gasteiger partial charge < -0.3 is 9.47 Å². The van der Waals surface area contributed by atoms with E-state index in [9.17, 15) is 4.79 Å². The Bertz CT molecular complexity index is 859. The molecule has 4 heteroatoms. The van der Waals surface area contributed by atoms with Gasteiger partial charge in [-0.2, -0.15) is 0 Å². The Morgan fingerprint density at radius 3 is 2.73 bits per heavy atom. The van der Waals surface area contributed by atoms with Crippen LogP contribution in [0.25, 0.3) is 10.9 Å². The fraction of sp³-hybridized carbons (Fsp3) is 0.111. The summed E-state index contributed by atoms with van der Waals surface area (Å²) >= 11 is 0. The molecule has 2 heterocycles. The molecule has 0 aliphatic rings. The molecule has 0 radical (unpaired) electrons. The van der Waals surface area contributed by atoms with Crippen molar-refractivity contribution < 1.29 is 4.79 Å². The van der Waals surface area contributed by atoms with Gasteiger partial charge >= 0.3 is 0 Å². The molecule has 1 aromatic carbocycles. The van der Waals surface area contributed by atoms with Crippen molar-refractivity contribution in [3.63, 3.8) is 0 Å². The van der Waals surface area contributed by atoms with E-state index in [1.54, 1.807) is 36.5 Å². The largest absolute Gasteiger partial charge is 0.325 e. The predicted molar refractivity (Wildman–Crippen MR) is 87.7 cm³/mol. The minimum Gasteiger partial charge on any atom is -0.325 e. The van der Waals surface area contributed by atoms with E-state index in [-0.39, 0.29) is 5.91 Å². The Kier molecular flexibility index (Phi) is 3.63. The van der Waals surface area contributed by atoms with Crippen LogP contribution in [0.4, 0.5) is 5.69 Å². The third-order valence-electron chi connectivity index (χ3n) is 3.63. The van der Waals surface area contributed by atoms with E-state index in [1.807, 2.05) is 34.9 Å². The highest BCUT2D eigenvalue weighted by molar-refractivity contribution is 6.07. The molecule has 3 rings (SSSR count). The number of carbonyl (C=O) groups excluding carboxylic acids is 1. The molecule has 0 fully saturated rings. The third-order valence-corrected chi connectivity index (χ3v) is 3.63. The van der Waals surface area contributed by atoms with Crippen LogP contribution in [-0.4, -0.2) is 22.5 Å². The van der Waals surface area contributed by atoms with Crippen LogP contribution >= 0.6 is 0 Å². The molecule has 4 nitrogen and oxygen atoms in total. The lowest BCUT2D eigenvalue weighted by Crippen LogP contribution is -2.28. The molecule has 0 aliphatic carbocycles. The number of pyridine rings is 1. The molecule has 3 aromatic rings. The first-order chi connectivity index (χ1) is 10.7. The quantitative estimate of drug-likeness (QED) is 0.695. The molecule has 0 unspecified atom stereocenters. The fourth-order valence-electron chi connectivity index (χ4n) is 2.51. The number of para-hydroxylation sites is 1. The van der Waals surface area contributed by atoms with Crippen molar-refractivity contribution in [2.75, 3.05) is 11.9 Å². The molecule has 0 aliphatic heterocycles. The van der Waals surface area contributed by atoms with Crippen LogP contribution in [0.5, 0.6) is 0 Å². The lowest BCUT2D eigenvalue weighted by molar-refractivity contribution is 0.0985. The molecule has 0 saturated heterocycles. The highest BCUT2D eigenvalue weighted by atomic mass is 16.2. The summed E-state index contributed by atoms with van der Waals surface area (Å²) in [5.41, 5.74) is 2.34. The number of anilines is 1. The van der Waals surface area contributed by atoms with Crippen molar-refractivity contribution in [1.29, 1.82) is 0 Å². The van der Waals surface area contributed by atoms with Crippen molar-refractivity contribution in [2.45, 2.75) is 6.54 Å². The summed E-state index contributed by atoms with van der Waals surface area (Å²) in [6.07, 6.45) is 8.79. The van der Waals surface area contributed by atoms with Gasteiger partial charge in [-0.15, -0.1) is 6.42 Å². The Balaban J connectivity index is 2.07. The molecule has 0 bridgehead atoms. The van der Waals surface area contributed by atoms with E-state index >= 15 is 0 Å². The number of carbonyl (C=O) groups is 1. The van der Waals surface area contributed by atoms with Crippen molar-refractivity contribution >= 4 is 22.5 Å². The maximum absolute atomic E-state index is 12.8. The molecule has 0 saturated carbocycles. The van der Waals surface area contributed by atoms with Gasteiger partial charge in [0.05, 0.1) is 6.54 Å². The van der Waals surface area contributed by atoms with Crippen LogP contribution in [0.15, 0.2) is 54.9 Å². The van der Waals surface area contributed by atoms with E-state index in [2.05, 4.69) is 10.9 Å². The number of amides is 1. The summed E-state index contributed by atoms with van der Waals surface area (Å²) in [4.78, 5) is 18.4. The second-order valence-electron chi connectivity index (χ2n) is 4.95. The fourth-order valence-corrected chi connectivity index (χ4v) is 2.51. The molecule has 1 amide bonds. The number of rotatable bonds is 3. The molecule has 2 aromatic heterocycles. The van der Waals surface area contributed by atoms with E-state index in [4.69, 9.17) is 6.42 Å². The van der Waals surface area contributed by atoms with E-state index in [0.29, 0.717) is 12.2 Å². The van der Waals surface area contributed by atoms with E-state index < -0.39 is 0 Å². The Hall–Kier alpha value is -3.06. The van der Waals surface area contributed by atoms with Gasteiger partial charge in [0, 0.05) is 36.0 Å². The molecule has 0 spiro atoms. The molecular formula is C18H15N3O. The summed E-state index contributed by atoms with van der Waals surface area (Å²) in [6.45, 7) is 0.360.